The Labute approximate surface area is 318 Å². The van der Waals surface area contributed by atoms with Crippen molar-refractivity contribution in [3.8, 4) is 39.3 Å². The fourth-order valence-corrected chi connectivity index (χ4v) is 8.83. The zero-order valence-corrected chi connectivity index (χ0v) is 30.6. The highest BCUT2D eigenvalue weighted by Crippen LogP contribution is 2.42. The van der Waals surface area contributed by atoms with Gasteiger partial charge in [0.05, 0.1) is 33.1 Å². The van der Waals surface area contributed by atoms with Gasteiger partial charge in [0.15, 0.2) is 0 Å². The molecular formula is C51H36N4. The first-order valence-electron chi connectivity index (χ1n) is 19.0. The summed E-state index contributed by atoms with van der Waals surface area (Å²) in [4.78, 5) is 8.87. The van der Waals surface area contributed by atoms with Gasteiger partial charge in [-0.25, -0.2) is 4.98 Å². The molecule has 2 aromatic heterocycles. The summed E-state index contributed by atoms with van der Waals surface area (Å²) in [6.07, 6.45) is 6.49. The van der Waals surface area contributed by atoms with Gasteiger partial charge in [0, 0.05) is 49.4 Å². The number of aromatic amines is 1. The van der Waals surface area contributed by atoms with Crippen molar-refractivity contribution in [2.24, 2.45) is 0 Å². The predicted molar refractivity (Wildman–Crippen MR) is 233 cm³/mol. The molecule has 0 aliphatic carbocycles. The molecule has 55 heavy (non-hydrogen) atoms. The van der Waals surface area contributed by atoms with Gasteiger partial charge in [0.1, 0.15) is 5.82 Å². The molecule has 9 aromatic rings. The second-order valence-electron chi connectivity index (χ2n) is 14.4. The topological polar surface area (TPSA) is 38.5 Å². The first kappa shape index (κ1) is 31.4. The highest BCUT2D eigenvalue weighted by molar-refractivity contribution is 6.13. The molecule has 0 atom stereocenters. The number of benzene rings is 7. The van der Waals surface area contributed by atoms with Crippen molar-refractivity contribution in [2.45, 2.75) is 13.8 Å². The summed E-state index contributed by atoms with van der Waals surface area (Å²) in [5.74, 6) is 0.899. The normalized spacial score (nSPS) is 12.6. The Morgan fingerprint density at radius 1 is 0.527 bits per heavy atom. The SMILES string of the molecule is C/C=C\C(=C/C)n1c2ccccc2c2ccc(-c3cc(-c4ccc5c6ccccc6n(-c6ccccc6)c5c4)cc4cc5c6ccccc6nc-5[nH]c34)cc21. The zero-order chi connectivity index (χ0) is 36.6. The molecule has 1 N–H and O–H groups in total. The predicted octanol–water partition coefficient (Wildman–Crippen LogP) is 13.8. The van der Waals surface area contributed by atoms with Crippen LogP contribution in [0.15, 0.2) is 176 Å². The highest BCUT2D eigenvalue weighted by atomic mass is 15.0. The zero-order valence-electron chi connectivity index (χ0n) is 30.6. The summed E-state index contributed by atoms with van der Waals surface area (Å²) in [6, 6.07) is 57.4. The second kappa shape index (κ2) is 12.2. The maximum Gasteiger partial charge on any atom is 0.139 e. The number of para-hydroxylation sites is 4. The van der Waals surface area contributed by atoms with Crippen LogP contribution in [0.5, 0.6) is 0 Å². The molecule has 4 heteroatoms. The molecular weight excluding hydrogens is 669 g/mol. The Morgan fingerprint density at radius 3 is 1.98 bits per heavy atom. The number of allylic oxidation sites excluding steroid dienone is 4. The van der Waals surface area contributed by atoms with Gasteiger partial charge >= 0.3 is 0 Å². The molecule has 0 bridgehead atoms. The number of hydrogen-bond acceptors (Lipinski definition) is 1. The highest BCUT2D eigenvalue weighted by Gasteiger charge is 2.20. The molecule has 0 saturated carbocycles. The summed E-state index contributed by atoms with van der Waals surface area (Å²) in [5, 5.41) is 7.28. The van der Waals surface area contributed by atoms with Crippen LogP contribution in [0.1, 0.15) is 13.8 Å². The van der Waals surface area contributed by atoms with E-state index >= 15 is 0 Å². The molecule has 2 aliphatic rings. The number of rotatable bonds is 5. The summed E-state index contributed by atoms with van der Waals surface area (Å²) < 4.78 is 4.79. The first-order valence-corrected chi connectivity index (χ1v) is 19.0. The minimum Gasteiger partial charge on any atom is -0.339 e. The van der Waals surface area contributed by atoms with E-state index in [0.29, 0.717) is 0 Å². The van der Waals surface area contributed by atoms with Gasteiger partial charge in [0.25, 0.3) is 0 Å². The molecule has 0 saturated heterocycles. The van der Waals surface area contributed by atoms with Gasteiger partial charge in [-0.05, 0) is 103 Å². The Bertz CT molecular complexity index is 3330. The molecule has 7 aromatic carbocycles. The van der Waals surface area contributed by atoms with Crippen molar-refractivity contribution in [1.29, 1.82) is 0 Å². The smallest absolute Gasteiger partial charge is 0.139 e. The van der Waals surface area contributed by atoms with Crippen LogP contribution in [-0.2, 0) is 0 Å². The maximum absolute atomic E-state index is 5.04. The van der Waals surface area contributed by atoms with Gasteiger partial charge < -0.3 is 14.1 Å². The third kappa shape index (κ3) is 4.75. The molecule has 0 unspecified atom stereocenters. The van der Waals surface area contributed by atoms with Crippen molar-refractivity contribution >= 4 is 71.1 Å². The lowest BCUT2D eigenvalue weighted by Gasteiger charge is -2.15. The Morgan fingerprint density at radius 2 is 1.18 bits per heavy atom. The molecule has 4 heterocycles. The van der Waals surface area contributed by atoms with E-state index in [1.807, 2.05) is 0 Å². The van der Waals surface area contributed by atoms with Gasteiger partial charge in [-0.2, -0.15) is 0 Å². The molecule has 2 aliphatic heterocycles. The molecule has 0 radical (unpaired) electrons. The van der Waals surface area contributed by atoms with Crippen LogP contribution >= 0.6 is 0 Å². The van der Waals surface area contributed by atoms with Crippen LogP contribution in [0.2, 0.25) is 0 Å². The van der Waals surface area contributed by atoms with E-state index in [1.54, 1.807) is 0 Å². The van der Waals surface area contributed by atoms with Crippen LogP contribution in [0.4, 0.5) is 0 Å². The number of fused-ring (bicyclic) bond motifs is 10. The van der Waals surface area contributed by atoms with E-state index in [1.165, 1.54) is 49.2 Å². The standard InChI is InChI=1S/C51H36N4/c1-3-14-36(4-2)54-46-21-12-9-18-39(46)42-26-24-33(31-49(42)54)43-28-34(27-35-29-44-38-17-8-11-20-45(38)52-51(44)53-50(35)43)32-23-25-41-40-19-10-13-22-47(40)55(48(41)30-32)37-15-6-5-7-16-37/h3-31H,1-2H3,(H,52,53)/b14-3-,36-4+. The van der Waals surface area contributed by atoms with Gasteiger partial charge in [-0.1, -0.05) is 109 Å². The summed E-state index contributed by atoms with van der Waals surface area (Å²) in [6.45, 7) is 4.19. The minimum absolute atomic E-state index is 0.899. The summed E-state index contributed by atoms with van der Waals surface area (Å²) in [7, 11) is 0. The Hall–Kier alpha value is -7.17. The van der Waals surface area contributed by atoms with E-state index in [9.17, 15) is 0 Å². The number of nitrogens with one attached hydrogen (secondary N) is 1. The molecule has 0 fully saturated rings. The van der Waals surface area contributed by atoms with Crippen LogP contribution in [0, 0.1) is 0 Å². The fourth-order valence-electron chi connectivity index (χ4n) is 8.83. The number of nitrogens with zero attached hydrogens (tertiary/aromatic N) is 3. The van der Waals surface area contributed by atoms with Crippen molar-refractivity contribution in [2.75, 3.05) is 0 Å². The van der Waals surface area contributed by atoms with Gasteiger partial charge in [-0.3, -0.25) is 0 Å². The monoisotopic (exact) mass is 704 g/mol. The number of hydrogen-bond donors (Lipinski definition) is 1. The summed E-state index contributed by atoms with van der Waals surface area (Å²) in [5.41, 5.74) is 14.9. The van der Waals surface area contributed by atoms with E-state index in [0.717, 1.165) is 61.3 Å². The number of pyridine rings is 1. The summed E-state index contributed by atoms with van der Waals surface area (Å²) >= 11 is 0. The van der Waals surface area contributed by atoms with Crippen LogP contribution in [0.3, 0.4) is 0 Å². The van der Waals surface area contributed by atoms with E-state index < -0.39 is 0 Å². The quantitative estimate of drug-likeness (QED) is 0.178. The molecule has 11 rings (SSSR count). The number of aromatic nitrogens is 4. The van der Waals surface area contributed by atoms with E-state index in [-0.39, 0.29) is 0 Å². The maximum atomic E-state index is 5.04. The third-order valence-electron chi connectivity index (χ3n) is 11.3. The minimum atomic E-state index is 0.899. The van der Waals surface area contributed by atoms with Gasteiger partial charge in [0.2, 0.25) is 0 Å². The lowest BCUT2D eigenvalue weighted by molar-refractivity contribution is 1.18. The van der Waals surface area contributed by atoms with Crippen molar-refractivity contribution in [3.05, 3.63) is 176 Å². The Balaban J connectivity index is 1.21. The average molecular weight is 705 g/mol. The molecule has 4 nitrogen and oxygen atoms in total. The largest absolute Gasteiger partial charge is 0.339 e. The lowest BCUT2D eigenvalue weighted by Crippen LogP contribution is -1.95. The van der Waals surface area contributed by atoms with Crippen molar-refractivity contribution in [3.63, 3.8) is 0 Å². The van der Waals surface area contributed by atoms with E-state index in [2.05, 4.69) is 204 Å². The molecule has 0 amide bonds. The first-order chi connectivity index (χ1) is 27.2. The number of H-pyrrole nitrogens is 1. The van der Waals surface area contributed by atoms with Crippen LogP contribution in [0.25, 0.3) is 110 Å². The van der Waals surface area contributed by atoms with E-state index in [4.69, 9.17) is 4.98 Å². The van der Waals surface area contributed by atoms with Crippen molar-refractivity contribution < 1.29 is 0 Å². The lowest BCUT2D eigenvalue weighted by atomic mass is 9.93. The third-order valence-corrected chi connectivity index (χ3v) is 11.3. The second-order valence-corrected chi connectivity index (χ2v) is 14.4. The van der Waals surface area contributed by atoms with Crippen molar-refractivity contribution in [1.82, 2.24) is 19.1 Å². The van der Waals surface area contributed by atoms with Crippen LogP contribution in [-0.4, -0.2) is 19.1 Å². The Kier molecular flexibility index (Phi) is 6.95. The molecule has 260 valence electrons. The van der Waals surface area contributed by atoms with Gasteiger partial charge in [-0.15, -0.1) is 0 Å². The average Bonchev–Trinajstić information content (AvgIpc) is 3.88. The van der Waals surface area contributed by atoms with Crippen LogP contribution < -0.4 is 0 Å². The fraction of sp³-hybridized carbons (Fsp3) is 0.0392. The molecule has 0 spiro atoms.